The normalized spacial score (nSPS) is 11.3. The van der Waals surface area contributed by atoms with Gasteiger partial charge in [-0.1, -0.05) is 29.5 Å². The number of hydrazone groups is 1. The summed E-state index contributed by atoms with van der Waals surface area (Å²) in [7, 11) is 0. The van der Waals surface area contributed by atoms with E-state index in [1.807, 2.05) is 19.1 Å². The van der Waals surface area contributed by atoms with Crippen LogP contribution in [0.25, 0.3) is 0 Å². The monoisotopic (exact) mass is 324 g/mol. The topological polar surface area (TPSA) is 54.6 Å². The lowest BCUT2D eigenvalue weighted by molar-refractivity contribution is 0.0955. The third kappa shape index (κ3) is 5.00. The Hall–Kier alpha value is -2.15. The summed E-state index contributed by atoms with van der Waals surface area (Å²) in [6.45, 7) is 1.93. The molecule has 0 unspecified atom stereocenters. The largest absolute Gasteiger partial charge is 0.459 e. The van der Waals surface area contributed by atoms with Crippen LogP contribution in [0.15, 0.2) is 45.9 Å². The molecule has 0 aliphatic rings. The van der Waals surface area contributed by atoms with Crippen molar-refractivity contribution in [3.63, 3.8) is 0 Å². The van der Waals surface area contributed by atoms with E-state index in [0.29, 0.717) is 28.8 Å². The van der Waals surface area contributed by atoms with Crippen molar-refractivity contribution in [3.8, 4) is 0 Å². The molecule has 0 fully saturated rings. The van der Waals surface area contributed by atoms with Gasteiger partial charge in [-0.15, -0.1) is 0 Å². The first-order valence-corrected chi connectivity index (χ1v) is 7.48. The van der Waals surface area contributed by atoms with Crippen LogP contribution in [0.1, 0.15) is 27.4 Å². The van der Waals surface area contributed by atoms with Gasteiger partial charge >= 0.3 is 0 Å². The molecule has 0 saturated carbocycles. The zero-order valence-electron chi connectivity index (χ0n) is 11.8. The van der Waals surface area contributed by atoms with Crippen LogP contribution in [0.3, 0.4) is 0 Å². The summed E-state index contributed by atoms with van der Waals surface area (Å²) < 4.78 is 29.4. The van der Waals surface area contributed by atoms with Crippen LogP contribution in [0.2, 0.25) is 0 Å². The molecule has 0 spiro atoms. The summed E-state index contributed by atoms with van der Waals surface area (Å²) in [5.74, 6) is -1.88. The maximum Gasteiger partial charge on any atom is 0.284 e. The number of amides is 1. The molecule has 0 radical (unpaired) electrons. The molecule has 1 aromatic heterocycles. The molecule has 4 nitrogen and oxygen atoms in total. The summed E-state index contributed by atoms with van der Waals surface area (Å²) >= 11 is 0.483. The highest BCUT2D eigenvalue weighted by Gasteiger charge is 2.07. The van der Waals surface area contributed by atoms with Gasteiger partial charge in [0.2, 0.25) is 0 Å². The van der Waals surface area contributed by atoms with Crippen molar-refractivity contribution in [2.24, 2.45) is 5.10 Å². The first-order valence-electron chi connectivity index (χ1n) is 6.43. The second kappa shape index (κ2) is 7.74. The van der Waals surface area contributed by atoms with Crippen molar-refractivity contribution < 1.29 is 18.0 Å². The standard InChI is InChI=1S/C15H14F2N2O2S/c1-10-2-4-11(5-3-10)14(20)19-18-8-12-6-7-13(21-12)9-22-15(16)17/h2-8,15H,9H2,1H3,(H,19,20)/b18-8-. The fourth-order valence-electron chi connectivity index (χ4n) is 1.61. The maximum absolute atomic E-state index is 12.1. The van der Waals surface area contributed by atoms with Gasteiger partial charge in [0.25, 0.3) is 11.7 Å². The lowest BCUT2D eigenvalue weighted by Gasteiger charge is -1.99. The van der Waals surface area contributed by atoms with Gasteiger partial charge in [0.05, 0.1) is 12.0 Å². The van der Waals surface area contributed by atoms with E-state index < -0.39 is 5.76 Å². The molecule has 1 heterocycles. The van der Waals surface area contributed by atoms with Crippen molar-refractivity contribution in [1.29, 1.82) is 0 Å². The Morgan fingerprint density at radius 1 is 1.32 bits per heavy atom. The Labute approximate surface area is 130 Å². The predicted molar refractivity (Wildman–Crippen MR) is 82.2 cm³/mol. The highest BCUT2D eigenvalue weighted by molar-refractivity contribution is 7.98. The highest BCUT2D eigenvalue weighted by Crippen LogP contribution is 2.20. The van der Waals surface area contributed by atoms with Crippen molar-refractivity contribution in [2.75, 3.05) is 0 Å². The average molecular weight is 324 g/mol. The average Bonchev–Trinajstić information content (AvgIpc) is 2.93. The van der Waals surface area contributed by atoms with Gasteiger partial charge in [-0.2, -0.15) is 13.9 Å². The van der Waals surface area contributed by atoms with Crippen LogP contribution in [-0.2, 0) is 5.75 Å². The predicted octanol–water partition coefficient (Wildman–Crippen LogP) is 3.81. The van der Waals surface area contributed by atoms with E-state index in [-0.39, 0.29) is 11.7 Å². The van der Waals surface area contributed by atoms with E-state index in [2.05, 4.69) is 10.5 Å². The van der Waals surface area contributed by atoms with E-state index in [1.54, 1.807) is 24.3 Å². The van der Waals surface area contributed by atoms with Gasteiger partial charge in [0, 0.05) is 5.56 Å². The van der Waals surface area contributed by atoms with Crippen LogP contribution in [-0.4, -0.2) is 17.9 Å². The van der Waals surface area contributed by atoms with Gasteiger partial charge in [-0.05, 0) is 31.2 Å². The summed E-state index contributed by atoms with van der Waals surface area (Å²) in [6.07, 6.45) is 1.32. The van der Waals surface area contributed by atoms with E-state index in [4.69, 9.17) is 4.42 Å². The van der Waals surface area contributed by atoms with Crippen molar-refractivity contribution in [2.45, 2.75) is 18.4 Å². The van der Waals surface area contributed by atoms with Crippen LogP contribution < -0.4 is 5.43 Å². The summed E-state index contributed by atoms with van der Waals surface area (Å²) in [6, 6.07) is 10.3. The van der Waals surface area contributed by atoms with Crippen molar-refractivity contribution >= 4 is 23.9 Å². The van der Waals surface area contributed by atoms with Gasteiger partial charge in [-0.25, -0.2) is 5.43 Å². The SMILES string of the molecule is Cc1ccc(C(=O)N/N=C\c2ccc(CSC(F)F)o2)cc1. The fraction of sp³-hybridized carbons (Fsp3) is 0.200. The van der Waals surface area contributed by atoms with Gasteiger partial charge < -0.3 is 4.42 Å². The Kier molecular flexibility index (Phi) is 5.71. The third-order valence-electron chi connectivity index (χ3n) is 2.71. The Morgan fingerprint density at radius 2 is 2.05 bits per heavy atom. The fourth-order valence-corrected chi connectivity index (χ4v) is 2.06. The second-order valence-corrected chi connectivity index (χ2v) is 5.42. The van der Waals surface area contributed by atoms with E-state index in [9.17, 15) is 13.6 Å². The van der Waals surface area contributed by atoms with Gasteiger partial charge in [-0.3, -0.25) is 4.79 Å². The number of rotatable bonds is 6. The molecule has 0 bridgehead atoms. The number of nitrogens with one attached hydrogen (secondary N) is 1. The molecule has 0 saturated heterocycles. The maximum atomic E-state index is 12.1. The van der Waals surface area contributed by atoms with Crippen LogP contribution >= 0.6 is 11.8 Å². The number of hydrogen-bond donors (Lipinski definition) is 1. The van der Waals surface area contributed by atoms with Crippen LogP contribution in [0.5, 0.6) is 0 Å². The lowest BCUT2D eigenvalue weighted by atomic mass is 10.1. The molecule has 1 amide bonds. The van der Waals surface area contributed by atoms with E-state index in [0.717, 1.165) is 5.56 Å². The number of carbonyl (C=O) groups excluding carboxylic acids is 1. The number of alkyl halides is 2. The van der Waals surface area contributed by atoms with Crippen LogP contribution in [0.4, 0.5) is 8.78 Å². The third-order valence-corrected chi connectivity index (χ3v) is 3.41. The molecule has 2 aromatic rings. The molecule has 0 atom stereocenters. The minimum atomic E-state index is -2.43. The Bertz CT molecular complexity index is 654. The zero-order chi connectivity index (χ0) is 15.9. The molecule has 116 valence electrons. The number of aryl methyl sites for hydroxylation is 1. The molecule has 0 aliphatic carbocycles. The molecule has 7 heteroatoms. The zero-order valence-corrected chi connectivity index (χ0v) is 12.6. The first-order chi connectivity index (χ1) is 10.5. The Morgan fingerprint density at radius 3 is 2.73 bits per heavy atom. The Balaban J connectivity index is 1.87. The molecule has 0 aliphatic heterocycles. The molecule has 2 rings (SSSR count). The minimum Gasteiger partial charge on any atom is -0.459 e. The minimum absolute atomic E-state index is 0.0846. The number of nitrogens with zero attached hydrogens (tertiary/aromatic N) is 1. The second-order valence-electron chi connectivity index (χ2n) is 4.44. The van der Waals surface area contributed by atoms with Crippen molar-refractivity contribution in [3.05, 3.63) is 59.0 Å². The molecular weight excluding hydrogens is 310 g/mol. The highest BCUT2D eigenvalue weighted by atomic mass is 32.2. The van der Waals surface area contributed by atoms with Crippen molar-refractivity contribution in [1.82, 2.24) is 5.43 Å². The molecule has 1 N–H and O–H groups in total. The number of hydrogen-bond acceptors (Lipinski definition) is 4. The molecule has 1 aromatic carbocycles. The quantitative estimate of drug-likeness (QED) is 0.649. The number of halogens is 2. The van der Waals surface area contributed by atoms with Gasteiger partial charge in [0.15, 0.2) is 0 Å². The number of benzene rings is 1. The smallest absolute Gasteiger partial charge is 0.284 e. The molecule has 22 heavy (non-hydrogen) atoms. The number of furan rings is 1. The van der Waals surface area contributed by atoms with E-state index in [1.165, 1.54) is 6.21 Å². The number of carbonyl (C=O) groups is 1. The summed E-state index contributed by atoms with van der Waals surface area (Å²) in [5.41, 5.74) is 3.93. The lowest BCUT2D eigenvalue weighted by Crippen LogP contribution is -2.17. The summed E-state index contributed by atoms with van der Waals surface area (Å²) in [4.78, 5) is 11.8. The van der Waals surface area contributed by atoms with E-state index >= 15 is 0 Å². The molecular formula is C15H14F2N2O2S. The number of thioether (sulfide) groups is 1. The summed E-state index contributed by atoms with van der Waals surface area (Å²) in [5, 5.41) is 3.78. The van der Waals surface area contributed by atoms with Gasteiger partial charge in [0.1, 0.15) is 11.5 Å². The first kappa shape index (κ1) is 16.2. The van der Waals surface area contributed by atoms with Crippen LogP contribution in [0, 0.1) is 6.92 Å².